The Morgan fingerprint density at radius 3 is 2.78 bits per heavy atom. The number of hydrogen-bond donors (Lipinski definition) is 2. The Morgan fingerprint density at radius 2 is 2.09 bits per heavy atom. The van der Waals surface area contributed by atoms with Gasteiger partial charge in [-0.2, -0.15) is 4.98 Å². The van der Waals surface area contributed by atoms with E-state index in [-0.39, 0.29) is 0 Å². The van der Waals surface area contributed by atoms with Crippen LogP contribution in [0.5, 0.6) is 0 Å². The molecule has 6 heteroatoms. The highest BCUT2D eigenvalue weighted by atomic mass is 16.5. The summed E-state index contributed by atoms with van der Waals surface area (Å²) in [5.41, 5.74) is 0. The fourth-order valence-corrected chi connectivity index (χ4v) is 3.10. The lowest BCUT2D eigenvalue weighted by Crippen LogP contribution is -2.38. The van der Waals surface area contributed by atoms with E-state index < -0.39 is 0 Å². The Balaban J connectivity index is 1.60. The second-order valence-electron chi connectivity index (χ2n) is 6.32. The van der Waals surface area contributed by atoms with Crippen molar-refractivity contribution >= 4 is 5.96 Å². The maximum absolute atomic E-state index is 5.11. The van der Waals surface area contributed by atoms with Crippen molar-refractivity contribution in [1.82, 2.24) is 20.8 Å². The molecule has 1 aliphatic rings. The number of aryl methyl sites for hydroxylation is 2. The maximum atomic E-state index is 5.11. The van der Waals surface area contributed by atoms with E-state index in [2.05, 4.69) is 32.7 Å². The van der Waals surface area contributed by atoms with E-state index in [1.165, 1.54) is 38.5 Å². The predicted octanol–water partition coefficient (Wildman–Crippen LogP) is 2.84. The first-order valence-electron chi connectivity index (χ1n) is 9.09. The molecule has 23 heavy (non-hydrogen) atoms. The summed E-state index contributed by atoms with van der Waals surface area (Å²) in [6.45, 7) is 6.59. The zero-order valence-electron chi connectivity index (χ0n) is 14.6. The molecule has 0 saturated heterocycles. The van der Waals surface area contributed by atoms with Crippen molar-refractivity contribution in [3.8, 4) is 0 Å². The van der Waals surface area contributed by atoms with E-state index in [1.54, 1.807) is 0 Å². The van der Waals surface area contributed by atoms with Crippen molar-refractivity contribution in [3.63, 3.8) is 0 Å². The van der Waals surface area contributed by atoms with Gasteiger partial charge in [-0.1, -0.05) is 30.8 Å². The molecule has 1 fully saturated rings. The quantitative estimate of drug-likeness (QED) is 0.415. The lowest BCUT2D eigenvalue weighted by molar-refractivity contribution is 0.372. The number of nitrogens with one attached hydrogen (secondary N) is 2. The highest BCUT2D eigenvalue weighted by Gasteiger charge is 2.13. The Bertz CT molecular complexity index is 465. The summed E-state index contributed by atoms with van der Waals surface area (Å²) in [5, 5.41) is 10.5. The van der Waals surface area contributed by atoms with Gasteiger partial charge in [-0.05, 0) is 39.0 Å². The zero-order chi connectivity index (χ0) is 16.3. The van der Waals surface area contributed by atoms with Crippen LogP contribution < -0.4 is 10.6 Å². The van der Waals surface area contributed by atoms with Gasteiger partial charge in [0.1, 0.15) is 0 Å². The molecule has 1 aromatic rings. The molecule has 0 aromatic carbocycles. The fraction of sp³-hybridized carbons (Fsp3) is 0.824. The van der Waals surface area contributed by atoms with Crippen LogP contribution in [-0.2, 0) is 6.42 Å². The topological polar surface area (TPSA) is 75.3 Å². The molecule has 1 heterocycles. The minimum absolute atomic E-state index is 0.695. The largest absolute Gasteiger partial charge is 0.357 e. The van der Waals surface area contributed by atoms with Crippen LogP contribution in [-0.4, -0.2) is 35.7 Å². The number of guanidine groups is 1. The van der Waals surface area contributed by atoms with E-state index in [0.717, 1.165) is 44.4 Å². The Hall–Kier alpha value is -1.59. The van der Waals surface area contributed by atoms with Crippen LogP contribution in [0.25, 0.3) is 0 Å². The molecule has 0 radical (unpaired) electrons. The van der Waals surface area contributed by atoms with Crippen LogP contribution in [0.2, 0.25) is 0 Å². The Morgan fingerprint density at radius 1 is 1.26 bits per heavy atom. The van der Waals surface area contributed by atoms with Crippen molar-refractivity contribution in [1.29, 1.82) is 0 Å². The average Bonchev–Trinajstić information content (AvgIpc) is 3.19. The minimum atomic E-state index is 0.695. The van der Waals surface area contributed by atoms with Gasteiger partial charge in [-0.3, -0.25) is 4.99 Å². The molecule has 0 atom stereocenters. The first-order valence-corrected chi connectivity index (χ1v) is 9.09. The van der Waals surface area contributed by atoms with Gasteiger partial charge in [0.05, 0.1) is 0 Å². The van der Waals surface area contributed by atoms with E-state index >= 15 is 0 Å². The number of aliphatic imine (C=N–C) groups is 1. The summed E-state index contributed by atoms with van der Waals surface area (Å²) < 4.78 is 5.11. The van der Waals surface area contributed by atoms with Crippen LogP contribution >= 0.6 is 0 Å². The SMILES string of the molecule is CCNC(=NCCCc1nc(C)no1)NCCCC1CCCC1. The van der Waals surface area contributed by atoms with Crippen LogP contribution in [0.4, 0.5) is 0 Å². The number of aromatic nitrogens is 2. The summed E-state index contributed by atoms with van der Waals surface area (Å²) in [5.74, 6) is 3.28. The first-order chi connectivity index (χ1) is 11.3. The normalized spacial score (nSPS) is 16.0. The van der Waals surface area contributed by atoms with Crippen LogP contribution in [0.1, 0.15) is 63.6 Å². The van der Waals surface area contributed by atoms with Crippen LogP contribution in [0.3, 0.4) is 0 Å². The Kier molecular flexibility index (Phi) is 7.90. The zero-order valence-corrected chi connectivity index (χ0v) is 14.6. The molecule has 0 bridgehead atoms. The van der Waals surface area contributed by atoms with Crippen molar-refractivity contribution in [2.75, 3.05) is 19.6 Å². The molecule has 130 valence electrons. The highest BCUT2D eigenvalue weighted by molar-refractivity contribution is 5.79. The fourth-order valence-electron chi connectivity index (χ4n) is 3.10. The van der Waals surface area contributed by atoms with Crippen molar-refractivity contribution < 1.29 is 4.52 Å². The van der Waals surface area contributed by atoms with Gasteiger partial charge >= 0.3 is 0 Å². The van der Waals surface area contributed by atoms with Crippen molar-refractivity contribution in [3.05, 3.63) is 11.7 Å². The smallest absolute Gasteiger partial charge is 0.226 e. The molecule has 2 rings (SSSR count). The van der Waals surface area contributed by atoms with Crippen molar-refractivity contribution in [2.45, 2.75) is 65.2 Å². The molecular weight excluding hydrogens is 290 g/mol. The van der Waals surface area contributed by atoms with Gasteiger partial charge in [-0.25, -0.2) is 0 Å². The summed E-state index contributed by atoms with van der Waals surface area (Å²) in [6, 6.07) is 0. The van der Waals surface area contributed by atoms with E-state index in [9.17, 15) is 0 Å². The molecule has 1 aliphatic carbocycles. The highest BCUT2D eigenvalue weighted by Crippen LogP contribution is 2.28. The minimum Gasteiger partial charge on any atom is -0.357 e. The number of nitrogens with zero attached hydrogens (tertiary/aromatic N) is 3. The lowest BCUT2D eigenvalue weighted by Gasteiger charge is -2.12. The molecular formula is C17H31N5O. The third kappa shape index (κ3) is 7.01. The monoisotopic (exact) mass is 321 g/mol. The van der Waals surface area contributed by atoms with E-state index in [4.69, 9.17) is 4.52 Å². The van der Waals surface area contributed by atoms with Crippen molar-refractivity contribution in [2.24, 2.45) is 10.9 Å². The number of hydrogen-bond acceptors (Lipinski definition) is 4. The molecule has 0 spiro atoms. The summed E-state index contributed by atoms with van der Waals surface area (Å²) in [7, 11) is 0. The van der Waals surface area contributed by atoms with Gasteiger partial charge in [0, 0.05) is 26.1 Å². The molecule has 0 aliphatic heterocycles. The molecule has 0 unspecified atom stereocenters. The lowest BCUT2D eigenvalue weighted by atomic mass is 10.0. The van der Waals surface area contributed by atoms with Gasteiger partial charge < -0.3 is 15.2 Å². The maximum Gasteiger partial charge on any atom is 0.226 e. The van der Waals surface area contributed by atoms with Gasteiger partial charge in [0.2, 0.25) is 5.89 Å². The van der Waals surface area contributed by atoms with E-state index in [0.29, 0.717) is 11.7 Å². The second-order valence-corrected chi connectivity index (χ2v) is 6.32. The molecule has 0 amide bonds. The number of rotatable bonds is 9. The summed E-state index contributed by atoms with van der Waals surface area (Å²) in [4.78, 5) is 8.81. The van der Waals surface area contributed by atoms with Crippen LogP contribution in [0, 0.1) is 12.8 Å². The molecule has 1 aromatic heterocycles. The standard InChI is InChI=1S/C17H31N5O/c1-3-18-17(19-12-6-10-15-8-4-5-9-15)20-13-7-11-16-21-14(2)22-23-16/h15H,3-13H2,1-2H3,(H2,18,19,20). The van der Waals surface area contributed by atoms with E-state index in [1.807, 2.05) is 6.92 Å². The molecule has 2 N–H and O–H groups in total. The summed E-state index contributed by atoms with van der Waals surface area (Å²) in [6.07, 6.45) is 10.0. The second kappa shape index (κ2) is 10.2. The predicted molar refractivity (Wildman–Crippen MR) is 92.5 cm³/mol. The third-order valence-corrected chi connectivity index (χ3v) is 4.29. The average molecular weight is 321 g/mol. The summed E-state index contributed by atoms with van der Waals surface area (Å²) >= 11 is 0. The van der Waals surface area contributed by atoms with Gasteiger partial charge in [0.15, 0.2) is 11.8 Å². The molecule has 1 saturated carbocycles. The van der Waals surface area contributed by atoms with Crippen LogP contribution in [0.15, 0.2) is 9.52 Å². The Labute approximate surface area is 139 Å². The molecule has 6 nitrogen and oxygen atoms in total. The third-order valence-electron chi connectivity index (χ3n) is 4.29. The van der Waals surface area contributed by atoms with Gasteiger partial charge in [-0.15, -0.1) is 0 Å². The van der Waals surface area contributed by atoms with Gasteiger partial charge in [0.25, 0.3) is 0 Å². The first kappa shape index (κ1) is 17.8.